The van der Waals surface area contributed by atoms with Crippen LogP contribution in [0.25, 0.3) is 0 Å². The Labute approximate surface area is 107 Å². The molecule has 2 rings (SSSR count). The highest BCUT2D eigenvalue weighted by atomic mass is 16.5. The molecule has 0 spiro atoms. The van der Waals surface area contributed by atoms with E-state index in [9.17, 15) is 0 Å². The Kier molecular flexibility index (Phi) is 3.34. The second-order valence-electron chi connectivity index (χ2n) is 4.41. The maximum Gasteiger partial charge on any atom is 0.224 e. The lowest BCUT2D eigenvalue weighted by Crippen LogP contribution is -2.07. The fourth-order valence-electron chi connectivity index (χ4n) is 1.83. The monoisotopic (exact) mass is 246 g/mol. The van der Waals surface area contributed by atoms with Gasteiger partial charge in [-0.25, -0.2) is 4.98 Å². The van der Waals surface area contributed by atoms with Crippen LogP contribution in [0, 0.1) is 13.8 Å². The van der Waals surface area contributed by atoms with Gasteiger partial charge in [0.05, 0.1) is 5.69 Å². The van der Waals surface area contributed by atoms with Gasteiger partial charge in [0.25, 0.3) is 0 Å². The van der Waals surface area contributed by atoms with E-state index in [4.69, 9.17) is 10.5 Å². The van der Waals surface area contributed by atoms with Gasteiger partial charge in [0.1, 0.15) is 5.69 Å². The molecule has 0 amide bonds. The quantitative estimate of drug-likeness (QED) is 0.902. The number of ether oxygens (including phenoxy) is 1. The Morgan fingerprint density at radius 1 is 1.39 bits per heavy atom. The summed E-state index contributed by atoms with van der Waals surface area (Å²) in [5.41, 5.74) is 8.61. The summed E-state index contributed by atoms with van der Waals surface area (Å²) in [5, 5.41) is 4.31. The molecule has 2 aromatic rings. The molecule has 2 heterocycles. The second kappa shape index (κ2) is 4.78. The second-order valence-corrected chi connectivity index (χ2v) is 4.41. The number of rotatable bonds is 3. The minimum Gasteiger partial charge on any atom is -0.435 e. The van der Waals surface area contributed by atoms with Crippen molar-refractivity contribution in [2.24, 2.45) is 12.8 Å². The van der Waals surface area contributed by atoms with Crippen molar-refractivity contribution in [1.29, 1.82) is 0 Å². The molecule has 0 saturated carbocycles. The van der Waals surface area contributed by atoms with E-state index in [0.29, 0.717) is 5.88 Å². The van der Waals surface area contributed by atoms with Gasteiger partial charge in [0.2, 0.25) is 5.88 Å². The van der Waals surface area contributed by atoms with Gasteiger partial charge < -0.3 is 10.5 Å². The van der Waals surface area contributed by atoms with E-state index in [1.165, 1.54) is 0 Å². The summed E-state index contributed by atoms with van der Waals surface area (Å²) >= 11 is 0. The van der Waals surface area contributed by atoms with Gasteiger partial charge in [-0.1, -0.05) is 6.07 Å². The van der Waals surface area contributed by atoms with Crippen molar-refractivity contribution >= 4 is 0 Å². The topological polar surface area (TPSA) is 66.0 Å². The van der Waals surface area contributed by atoms with Crippen LogP contribution in [0.2, 0.25) is 0 Å². The summed E-state index contributed by atoms with van der Waals surface area (Å²) in [6, 6.07) is 3.66. The molecule has 1 atom stereocenters. The molecule has 0 bridgehead atoms. The molecule has 96 valence electrons. The maximum absolute atomic E-state index is 5.91. The van der Waals surface area contributed by atoms with Gasteiger partial charge in [0, 0.05) is 24.8 Å². The van der Waals surface area contributed by atoms with E-state index in [0.717, 1.165) is 22.7 Å². The van der Waals surface area contributed by atoms with E-state index < -0.39 is 0 Å². The molecule has 1 unspecified atom stereocenters. The zero-order valence-electron chi connectivity index (χ0n) is 11.1. The fraction of sp³-hybridized carbons (Fsp3) is 0.385. The first-order chi connectivity index (χ1) is 8.50. The lowest BCUT2D eigenvalue weighted by molar-refractivity contribution is 0.445. The molecule has 0 radical (unpaired) electrons. The number of aromatic nitrogens is 3. The molecule has 0 aliphatic heterocycles. The van der Waals surface area contributed by atoms with Gasteiger partial charge in [-0.2, -0.15) is 5.10 Å². The Morgan fingerprint density at radius 2 is 2.11 bits per heavy atom. The van der Waals surface area contributed by atoms with Crippen molar-refractivity contribution in [2.75, 3.05) is 0 Å². The van der Waals surface area contributed by atoms with Gasteiger partial charge in [-0.15, -0.1) is 0 Å². The smallest absolute Gasteiger partial charge is 0.224 e. The third kappa shape index (κ3) is 2.22. The number of pyridine rings is 1. The maximum atomic E-state index is 5.91. The van der Waals surface area contributed by atoms with Crippen molar-refractivity contribution < 1.29 is 4.74 Å². The largest absolute Gasteiger partial charge is 0.435 e. The summed E-state index contributed by atoms with van der Waals surface area (Å²) in [5.74, 6) is 1.30. The Morgan fingerprint density at radius 3 is 2.67 bits per heavy atom. The van der Waals surface area contributed by atoms with Crippen LogP contribution >= 0.6 is 0 Å². The first kappa shape index (κ1) is 12.6. The SMILES string of the molecule is Cc1nn(C)c(C)c1Oc1ncccc1C(C)N. The van der Waals surface area contributed by atoms with Crippen molar-refractivity contribution in [3.05, 3.63) is 35.3 Å². The molecule has 2 N–H and O–H groups in total. The molecule has 0 aliphatic carbocycles. The number of nitrogens with zero attached hydrogens (tertiary/aromatic N) is 3. The predicted molar refractivity (Wildman–Crippen MR) is 69.6 cm³/mol. The molecule has 2 aromatic heterocycles. The van der Waals surface area contributed by atoms with Crippen LogP contribution < -0.4 is 10.5 Å². The van der Waals surface area contributed by atoms with Crippen molar-refractivity contribution in [3.8, 4) is 11.6 Å². The van der Waals surface area contributed by atoms with E-state index in [-0.39, 0.29) is 6.04 Å². The van der Waals surface area contributed by atoms with E-state index in [1.807, 2.05) is 40.0 Å². The Bertz CT molecular complexity index is 560. The highest BCUT2D eigenvalue weighted by Gasteiger charge is 2.15. The number of hydrogen-bond acceptors (Lipinski definition) is 4. The summed E-state index contributed by atoms with van der Waals surface area (Å²) in [6.07, 6.45) is 1.70. The molecular formula is C13H18N4O. The lowest BCUT2D eigenvalue weighted by Gasteiger charge is -2.12. The molecule has 0 aliphatic rings. The van der Waals surface area contributed by atoms with Crippen LogP contribution in [0.3, 0.4) is 0 Å². The van der Waals surface area contributed by atoms with Crippen LogP contribution in [-0.4, -0.2) is 14.8 Å². The minimum absolute atomic E-state index is 0.119. The number of nitrogens with two attached hydrogens (primary N) is 1. The Balaban J connectivity index is 2.40. The molecule has 18 heavy (non-hydrogen) atoms. The zero-order valence-corrected chi connectivity index (χ0v) is 11.1. The highest BCUT2D eigenvalue weighted by molar-refractivity contribution is 5.38. The zero-order chi connectivity index (χ0) is 13.3. The van der Waals surface area contributed by atoms with Crippen LogP contribution in [0.5, 0.6) is 11.6 Å². The van der Waals surface area contributed by atoms with Crippen molar-refractivity contribution in [3.63, 3.8) is 0 Å². The molecule has 5 heteroatoms. The van der Waals surface area contributed by atoms with Gasteiger partial charge in [-0.05, 0) is 26.8 Å². The normalized spacial score (nSPS) is 12.5. The van der Waals surface area contributed by atoms with Gasteiger partial charge in [0.15, 0.2) is 5.75 Å². The minimum atomic E-state index is -0.119. The third-order valence-electron chi connectivity index (χ3n) is 2.93. The first-order valence-corrected chi connectivity index (χ1v) is 5.89. The summed E-state index contributed by atoms with van der Waals surface area (Å²) < 4.78 is 7.67. The third-order valence-corrected chi connectivity index (χ3v) is 2.93. The Hall–Kier alpha value is -1.88. The van der Waals surface area contributed by atoms with Crippen LogP contribution in [0.4, 0.5) is 0 Å². The van der Waals surface area contributed by atoms with E-state index in [2.05, 4.69) is 10.1 Å². The average molecular weight is 246 g/mol. The molecular weight excluding hydrogens is 228 g/mol. The molecule has 5 nitrogen and oxygen atoms in total. The predicted octanol–water partition coefficient (Wildman–Crippen LogP) is 2.24. The van der Waals surface area contributed by atoms with Crippen LogP contribution in [0.15, 0.2) is 18.3 Å². The fourth-order valence-corrected chi connectivity index (χ4v) is 1.83. The summed E-state index contributed by atoms with van der Waals surface area (Å²) in [4.78, 5) is 4.25. The van der Waals surface area contributed by atoms with Crippen LogP contribution in [-0.2, 0) is 7.05 Å². The number of hydrogen-bond donors (Lipinski definition) is 1. The van der Waals surface area contributed by atoms with Gasteiger partial charge >= 0.3 is 0 Å². The summed E-state index contributed by atoms with van der Waals surface area (Å²) in [7, 11) is 1.89. The summed E-state index contributed by atoms with van der Waals surface area (Å²) in [6.45, 7) is 5.79. The molecule has 0 aromatic carbocycles. The number of aryl methyl sites for hydroxylation is 2. The van der Waals surface area contributed by atoms with E-state index in [1.54, 1.807) is 10.9 Å². The van der Waals surface area contributed by atoms with Crippen LogP contribution in [0.1, 0.15) is 29.9 Å². The molecule has 0 saturated heterocycles. The highest BCUT2D eigenvalue weighted by Crippen LogP contribution is 2.30. The lowest BCUT2D eigenvalue weighted by atomic mass is 10.1. The first-order valence-electron chi connectivity index (χ1n) is 5.89. The van der Waals surface area contributed by atoms with Crippen molar-refractivity contribution in [2.45, 2.75) is 26.8 Å². The average Bonchev–Trinajstić information content (AvgIpc) is 2.56. The molecule has 0 fully saturated rings. The van der Waals surface area contributed by atoms with Crippen molar-refractivity contribution in [1.82, 2.24) is 14.8 Å². The standard InChI is InChI=1S/C13H18N4O/c1-8(14)11-6-5-7-15-13(11)18-12-9(2)16-17(4)10(12)3/h5-8H,14H2,1-4H3. The van der Waals surface area contributed by atoms with Gasteiger partial charge in [-0.3, -0.25) is 4.68 Å². The van der Waals surface area contributed by atoms with E-state index >= 15 is 0 Å².